The number of methoxy groups -OCH3 is 1. The van der Waals surface area contributed by atoms with E-state index in [0.29, 0.717) is 11.0 Å². The number of thiocarbonyl (C=S) groups is 1. The summed E-state index contributed by atoms with van der Waals surface area (Å²) in [5, 5.41) is 7.00. The van der Waals surface area contributed by atoms with E-state index >= 15 is 0 Å². The van der Waals surface area contributed by atoms with E-state index in [1.54, 1.807) is 7.11 Å². The molecule has 0 rings (SSSR count). The molecule has 0 amide bonds. The Hall–Kier alpha value is -0.390. The van der Waals surface area contributed by atoms with Gasteiger partial charge in [0.1, 0.15) is 0 Å². The summed E-state index contributed by atoms with van der Waals surface area (Å²) in [6.07, 6.45) is 0.975. The van der Waals surface area contributed by atoms with Crippen LogP contribution < -0.4 is 10.6 Å². The lowest BCUT2D eigenvalue weighted by atomic mass is 10.2. The van der Waals surface area contributed by atoms with Gasteiger partial charge in [0.25, 0.3) is 0 Å². The monoisotopic (exact) mass is 248 g/mol. The van der Waals surface area contributed by atoms with Gasteiger partial charge < -0.3 is 20.1 Å². The molecular weight excluding hydrogens is 224 g/mol. The first-order valence-electron chi connectivity index (χ1n) is 5.79. The zero-order chi connectivity index (χ0) is 12.2. The van der Waals surface area contributed by atoms with Crippen molar-refractivity contribution >= 4 is 17.3 Å². The first kappa shape index (κ1) is 15.6. The van der Waals surface area contributed by atoms with Gasteiger partial charge in [0, 0.05) is 33.4 Å². The van der Waals surface area contributed by atoms with E-state index in [2.05, 4.69) is 17.6 Å². The van der Waals surface area contributed by atoms with E-state index < -0.39 is 0 Å². The van der Waals surface area contributed by atoms with Crippen molar-refractivity contribution in [2.24, 2.45) is 5.92 Å². The molecule has 0 aliphatic heterocycles. The number of ether oxygens (including phenoxy) is 2. The van der Waals surface area contributed by atoms with Crippen molar-refractivity contribution in [3.63, 3.8) is 0 Å². The second-order valence-electron chi connectivity index (χ2n) is 3.75. The lowest BCUT2D eigenvalue weighted by Crippen LogP contribution is -2.38. The first-order chi connectivity index (χ1) is 7.70. The average Bonchev–Trinajstić information content (AvgIpc) is 2.26. The molecular formula is C11H24N2O2S. The number of nitrogens with one attached hydrogen (secondary N) is 2. The fraction of sp³-hybridized carbons (Fsp3) is 0.909. The van der Waals surface area contributed by atoms with Gasteiger partial charge in [-0.1, -0.05) is 6.92 Å². The van der Waals surface area contributed by atoms with Gasteiger partial charge in [0.05, 0.1) is 6.61 Å². The van der Waals surface area contributed by atoms with E-state index in [-0.39, 0.29) is 0 Å². The Labute approximate surface area is 104 Å². The average molecular weight is 248 g/mol. The Morgan fingerprint density at radius 1 is 1.38 bits per heavy atom. The summed E-state index contributed by atoms with van der Waals surface area (Å²) in [6.45, 7) is 8.12. The molecule has 16 heavy (non-hydrogen) atoms. The molecule has 96 valence electrons. The minimum absolute atomic E-state index is 0.466. The zero-order valence-electron chi connectivity index (χ0n) is 10.5. The second kappa shape index (κ2) is 11.1. The Morgan fingerprint density at radius 2 is 2.12 bits per heavy atom. The van der Waals surface area contributed by atoms with Crippen LogP contribution in [-0.2, 0) is 9.47 Å². The van der Waals surface area contributed by atoms with E-state index in [9.17, 15) is 0 Å². The highest BCUT2D eigenvalue weighted by molar-refractivity contribution is 7.80. The predicted molar refractivity (Wildman–Crippen MR) is 70.8 cm³/mol. The third-order valence-electron chi connectivity index (χ3n) is 2.02. The third kappa shape index (κ3) is 10.1. The van der Waals surface area contributed by atoms with Crippen molar-refractivity contribution in [2.45, 2.75) is 20.3 Å². The fourth-order valence-electron chi connectivity index (χ4n) is 1.19. The SMILES string of the molecule is CCOCCCNC(=S)NCC(C)COC. The summed E-state index contributed by atoms with van der Waals surface area (Å²) in [4.78, 5) is 0. The Balaban J connectivity index is 3.30. The van der Waals surface area contributed by atoms with Crippen molar-refractivity contribution < 1.29 is 9.47 Å². The molecule has 0 radical (unpaired) electrons. The number of rotatable bonds is 9. The Bertz CT molecular complexity index is 179. The quantitative estimate of drug-likeness (QED) is 0.473. The van der Waals surface area contributed by atoms with Crippen molar-refractivity contribution in [1.29, 1.82) is 0 Å². The van der Waals surface area contributed by atoms with E-state index in [4.69, 9.17) is 21.7 Å². The molecule has 2 N–H and O–H groups in total. The highest BCUT2D eigenvalue weighted by Crippen LogP contribution is 1.91. The van der Waals surface area contributed by atoms with Crippen LogP contribution in [0.15, 0.2) is 0 Å². The maximum absolute atomic E-state index is 5.23. The molecule has 0 fully saturated rings. The molecule has 4 nitrogen and oxygen atoms in total. The van der Waals surface area contributed by atoms with Crippen LogP contribution in [0.2, 0.25) is 0 Å². The molecule has 0 bridgehead atoms. The first-order valence-corrected chi connectivity index (χ1v) is 6.19. The standard InChI is InChI=1S/C11H24N2O2S/c1-4-15-7-5-6-12-11(16)13-8-10(2)9-14-3/h10H,4-9H2,1-3H3,(H2,12,13,16). The molecule has 0 saturated heterocycles. The summed E-state index contributed by atoms with van der Waals surface area (Å²) in [5.74, 6) is 0.466. The van der Waals surface area contributed by atoms with Gasteiger partial charge in [-0.15, -0.1) is 0 Å². The van der Waals surface area contributed by atoms with E-state index in [0.717, 1.165) is 39.3 Å². The van der Waals surface area contributed by atoms with Gasteiger partial charge in [0.15, 0.2) is 5.11 Å². The molecule has 0 heterocycles. The maximum atomic E-state index is 5.23. The topological polar surface area (TPSA) is 42.5 Å². The molecule has 0 aliphatic carbocycles. The van der Waals surface area contributed by atoms with Gasteiger partial charge >= 0.3 is 0 Å². The lowest BCUT2D eigenvalue weighted by molar-refractivity contribution is 0.145. The van der Waals surface area contributed by atoms with Gasteiger partial charge in [-0.2, -0.15) is 0 Å². The van der Waals surface area contributed by atoms with Crippen LogP contribution in [0.25, 0.3) is 0 Å². The third-order valence-corrected chi connectivity index (χ3v) is 2.31. The van der Waals surface area contributed by atoms with E-state index in [1.807, 2.05) is 6.92 Å². The van der Waals surface area contributed by atoms with Gasteiger partial charge in [-0.05, 0) is 31.5 Å². The largest absolute Gasteiger partial charge is 0.384 e. The second-order valence-corrected chi connectivity index (χ2v) is 4.16. The summed E-state index contributed by atoms with van der Waals surface area (Å²) in [6, 6.07) is 0. The highest BCUT2D eigenvalue weighted by Gasteiger charge is 2.01. The van der Waals surface area contributed by atoms with Crippen molar-refractivity contribution in [3.05, 3.63) is 0 Å². The van der Waals surface area contributed by atoms with Crippen molar-refractivity contribution in [1.82, 2.24) is 10.6 Å². The Kier molecular flexibility index (Phi) is 10.8. The molecule has 0 aliphatic rings. The highest BCUT2D eigenvalue weighted by atomic mass is 32.1. The smallest absolute Gasteiger partial charge is 0.166 e. The molecule has 0 saturated carbocycles. The van der Waals surface area contributed by atoms with Crippen LogP contribution in [0.5, 0.6) is 0 Å². The molecule has 1 atom stereocenters. The zero-order valence-corrected chi connectivity index (χ0v) is 11.4. The molecule has 0 aromatic heterocycles. The summed E-state index contributed by atoms with van der Waals surface area (Å²) < 4.78 is 10.3. The summed E-state index contributed by atoms with van der Waals surface area (Å²) in [7, 11) is 1.71. The van der Waals surface area contributed by atoms with Crippen LogP contribution in [0, 0.1) is 5.92 Å². The molecule has 5 heteroatoms. The minimum atomic E-state index is 0.466. The predicted octanol–water partition coefficient (Wildman–Crippen LogP) is 1.16. The van der Waals surface area contributed by atoms with E-state index in [1.165, 1.54) is 0 Å². The van der Waals surface area contributed by atoms with Crippen LogP contribution in [0.1, 0.15) is 20.3 Å². The summed E-state index contributed by atoms with van der Waals surface area (Å²) >= 11 is 5.13. The number of hydrogen-bond donors (Lipinski definition) is 2. The van der Waals surface area contributed by atoms with Crippen LogP contribution in [-0.4, -0.2) is 45.1 Å². The summed E-state index contributed by atoms with van der Waals surface area (Å²) in [5.41, 5.74) is 0. The molecule has 0 spiro atoms. The van der Waals surface area contributed by atoms with Gasteiger partial charge in [0.2, 0.25) is 0 Å². The van der Waals surface area contributed by atoms with Crippen LogP contribution in [0.4, 0.5) is 0 Å². The van der Waals surface area contributed by atoms with Gasteiger partial charge in [-0.3, -0.25) is 0 Å². The van der Waals surface area contributed by atoms with Crippen molar-refractivity contribution in [3.8, 4) is 0 Å². The van der Waals surface area contributed by atoms with Crippen molar-refractivity contribution in [2.75, 3.05) is 40.0 Å². The molecule has 0 aromatic rings. The molecule has 1 unspecified atom stereocenters. The van der Waals surface area contributed by atoms with Crippen LogP contribution in [0.3, 0.4) is 0 Å². The minimum Gasteiger partial charge on any atom is -0.384 e. The lowest BCUT2D eigenvalue weighted by Gasteiger charge is -2.14. The van der Waals surface area contributed by atoms with Crippen LogP contribution >= 0.6 is 12.2 Å². The number of hydrogen-bond acceptors (Lipinski definition) is 3. The maximum Gasteiger partial charge on any atom is 0.166 e. The Morgan fingerprint density at radius 3 is 2.75 bits per heavy atom. The molecule has 0 aromatic carbocycles. The normalized spacial score (nSPS) is 12.2. The fourth-order valence-corrected chi connectivity index (χ4v) is 1.38. The van der Waals surface area contributed by atoms with Gasteiger partial charge in [-0.25, -0.2) is 0 Å².